The number of carboxylic acids is 1. The lowest BCUT2D eigenvalue weighted by molar-refractivity contribution is -0.139. The van der Waals surface area contributed by atoms with Gasteiger partial charge in [0.25, 0.3) is 0 Å². The Hall–Kier alpha value is -2.15. The molecule has 22 heavy (non-hydrogen) atoms. The van der Waals surface area contributed by atoms with Crippen LogP contribution in [0.25, 0.3) is 11.3 Å². The Labute approximate surface area is 129 Å². The molecule has 0 saturated heterocycles. The molecule has 2 rings (SSSR count). The SMILES string of the molecule is Cc1cnn(C)c1-c1ccc(S(=O)(=O)C(C)(C)C(=O)O)cc1. The number of carboxylic acid groups (broad SMARTS) is 1. The first-order valence-corrected chi connectivity index (χ1v) is 8.14. The van der Waals surface area contributed by atoms with Crippen molar-refractivity contribution in [1.29, 1.82) is 0 Å². The highest BCUT2D eigenvalue weighted by molar-refractivity contribution is 7.93. The van der Waals surface area contributed by atoms with Gasteiger partial charge in [0.2, 0.25) is 0 Å². The van der Waals surface area contributed by atoms with E-state index >= 15 is 0 Å². The van der Waals surface area contributed by atoms with Gasteiger partial charge in [0.05, 0.1) is 16.8 Å². The average molecular weight is 322 g/mol. The van der Waals surface area contributed by atoms with E-state index in [0.717, 1.165) is 16.8 Å². The smallest absolute Gasteiger partial charge is 0.324 e. The molecule has 0 spiro atoms. The van der Waals surface area contributed by atoms with Gasteiger partial charge in [-0.25, -0.2) is 8.42 Å². The molecule has 1 aromatic carbocycles. The molecule has 0 aliphatic carbocycles. The molecule has 0 aliphatic rings. The van der Waals surface area contributed by atoms with Crippen molar-refractivity contribution < 1.29 is 18.3 Å². The summed E-state index contributed by atoms with van der Waals surface area (Å²) in [4.78, 5) is 11.2. The first kappa shape index (κ1) is 16.2. The third kappa shape index (κ3) is 2.41. The van der Waals surface area contributed by atoms with Crippen LogP contribution in [-0.2, 0) is 21.7 Å². The Balaban J connectivity index is 2.48. The van der Waals surface area contributed by atoms with E-state index in [1.807, 2.05) is 6.92 Å². The van der Waals surface area contributed by atoms with Crippen molar-refractivity contribution in [2.75, 3.05) is 0 Å². The molecule has 0 fully saturated rings. The van der Waals surface area contributed by atoms with Gasteiger partial charge in [-0.05, 0) is 38.5 Å². The van der Waals surface area contributed by atoms with Crippen LogP contribution in [0.15, 0.2) is 35.4 Å². The summed E-state index contributed by atoms with van der Waals surface area (Å²) in [6, 6.07) is 6.19. The van der Waals surface area contributed by atoms with Crippen LogP contribution in [-0.4, -0.2) is 34.0 Å². The number of rotatable bonds is 4. The van der Waals surface area contributed by atoms with E-state index < -0.39 is 20.6 Å². The van der Waals surface area contributed by atoms with E-state index in [9.17, 15) is 13.2 Å². The van der Waals surface area contributed by atoms with Gasteiger partial charge in [-0.15, -0.1) is 0 Å². The van der Waals surface area contributed by atoms with Crippen molar-refractivity contribution >= 4 is 15.8 Å². The first-order chi connectivity index (χ1) is 10.1. The van der Waals surface area contributed by atoms with Gasteiger partial charge in [-0.2, -0.15) is 5.10 Å². The van der Waals surface area contributed by atoms with Gasteiger partial charge in [-0.1, -0.05) is 12.1 Å². The molecule has 1 heterocycles. The molecule has 0 bridgehead atoms. The largest absolute Gasteiger partial charge is 0.480 e. The summed E-state index contributed by atoms with van der Waals surface area (Å²) in [5, 5.41) is 13.3. The summed E-state index contributed by atoms with van der Waals surface area (Å²) >= 11 is 0. The number of hydrogen-bond donors (Lipinski definition) is 1. The molecule has 0 amide bonds. The van der Waals surface area contributed by atoms with Crippen molar-refractivity contribution in [3.63, 3.8) is 0 Å². The van der Waals surface area contributed by atoms with Gasteiger partial charge in [0.15, 0.2) is 14.6 Å². The van der Waals surface area contributed by atoms with E-state index in [2.05, 4.69) is 5.10 Å². The van der Waals surface area contributed by atoms with Gasteiger partial charge in [0.1, 0.15) is 0 Å². The lowest BCUT2D eigenvalue weighted by atomic mass is 10.1. The Morgan fingerprint density at radius 1 is 1.23 bits per heavy atom. The molecule has 0 atom stereocenters. The highest BCUT2D eigenvalue weighted by Crippen LogP contribution is 2.29. The van der Waals surface area contributed by atoms with Crippen LogP contribution < -0.4 is 0 Å². The minimum Gasteiger partial charge on any atom is -0.480 e. The fourth-order valence-corrected chi connectivity index (χ4v) is 3.48. The predicted molar refractivity (Wildman–Crippen MR) is 82.3 cm³/mol. The van der Waals surface area contributed by atoms with E-state index in [0.29, 0.717) is 0 Å². The highest BCUT2D eigenvalue weighted by atomic mass is 32.2. The predicted octanol–water partition coefficient (Wildman–Crippen LogP) is 2.03. The number of aliphatic carboxylic acids is 1. The number of aromatic nitrogens is 2. The third-order valence-electron chi connectivity index (χ3n) is 3.75. The summed E-state index contributed by atoms with van der Waals surface area (Å²) in [6.45, 7) is 4.29. The summed E-state index contributed by atoms with van der Waals surface area (Å²) in [5.41, 5.74) is 2.69. The number of benzene rings is 1. The molecule has 0 saturated carbocycles. The minimum absolute atomic E-state index is 0.0107. The van der Waals surface area contributed by atoms with E-state index in [1.165, 1.54) is 26.0 Å². The molecule has 2 aromatic rings. The van der Waals surface area contributed by atoms with Crippen LogP contribution in [0, 0.1) is 6.92 Å². The average Bonchev–Trinajstić information content (AvgIpc) is 2.78. The van der Waals surface area contributed by atoms with Gasteiger partial charge >= 0.3 is 5.97 Å². The second-order valence-electron chi connectivity index (χ2n) is 5.64. The van der Waals surface area contributed by atoms with Crippen molar-refractivity contribution in [3.05, 3.63) is 36.0 Å². The number of carbonyl (C=O) groups is 1. The van der Waals surface area contributed by atoms with Crippen LogP contribution in [0.4, 0.5) is 0 Å². The number of nitrogens with zero attached hydrogens (tertiary/aromatic N) is 2. The topological polar surface area (TPSA) is 89.3 Å². The second-order valence-corrected chi connectivity index (χ2v) is 8.14. The minimum atomic E-state index is -3.97. The lowest BCUT2D eigenvalue weighted by Gasteiger charge is -2.19. The maximum absolute atomic E-state index is 12.4. The van der Waals surface area contributed by atoms with Crippen molar-refractivity contribution in [3.8, 4) is 11.3 Å². The zero-order valence-electron chi connectivity index (χ0n) is 12.9. The van der Waals surface area contributed by atoms with Crippen molar-refractivity contribution in [1.82, 2.24) is 9.78 Å². The fourth-order valence-electron chi connectivity index (χ4n) is 2.16. The van der Waals surface area contributed by atoms with E-state index in [4.69, 9.17) is 5.11 Å². The normalized spacial score (nSPS) is 12.4. The molecule has 0 radical (unpaired) electrons. The Morgan fingerprint density at radius 3 is 2.18 bits per heavy atom. The van der Waals surface area contributed by atoms with Crippen LogP contribution in [0.1, 0.15) is 19.4 Å². The number of aryl methyl sites for hydroxylation is 2. The zero-order chi connectivity index (χ0) is 16.7. The van der Waals surface area contributed by atoms with Crippen molar-refractivity contribution in [2.45, 2.75) is 30.4 Å². The van der Waals surface area contributed by atoms with Gasteiger partial charge < -0.3 is 5.11 Å². The fraction of sp³-hybridized carbons (Fsp3) is 0.333. The van der Waals surface area contributed by atoms with Crippen LogP contribution in [0.2, 0.25) is 0 Å². The molecule has 1 N–H and O–H groups in total. The summed E-state index contributed by atoms with van der Waals surface area (Å²) in [7, 11) is -2.16. The summed E-state index contributed by atoms with van der Waals surface area (Å²) < 4.78 is 24.7. The molecular weight excluding hydrogens is 304 g/mol. The third-order valence-corrected chi connectivity index (χ3v) is 6.16. The maximum Gasteiger partial charge on any atom is 0.324 e. The highest BCUT2D eigenvalue weighted by Gasteiger charge is 2.42. The number of hydrogen-bond acceptors (Lipinski definition) is 4. The monoisotopic (exact) mass is 322 g/mol. The lowest BCUT2D eigenvalue weighted by Crippen LogP contribution is -2.40. The first-order valence-electron chi connectivity index (χ1n) is 6.66. The maximum atomic E-state index is 12.4. The van der Waals surface area contributed by atoms with E-state index in [-0.39, 0.29) is 4.90 Å². The number of sulfone groups is 1. The molecule has 0 aliphatic heterocycles. The van der Waals surface area contributed by atoms with E-state index in [1.54, 1.807) is 30.1 Å². The Bertz CT molecular complexity index is 798. The molecule has 7 heteroatoms. The molecule has 118 valence electrons. The summed E-state index contributed by atoms with van der Waals surface area (Å²) in [6.07, 6.45) is 1.73. The van der Waals surface area contributed by atoms with Gasteiger partial charge in [0, 0.05) is 12.6 Å². The molecule has 0 unspecified atom stereocenters. The molecule has 1 aromatic heterocycles. The van der Waals surface area contributed by atoms with Crippen LogP contribution in [0.3, 0.4) is 0 Å². The van der Waals surface area contributed by atoms with Crippen LogP contribution in [0.5, 0.6) is 0 Å². The molecule has 6 nitrogen and oxygen atoms in total. The summed E-state index contributed by atoms with van der Waals surface area (Å²) in [5.74, 6) is -1.38. The quantitative estimate of drug-likeness (QED) is 0.930. The second kappa shape index (κ2) is 5.24. The standard InChI is InChI=1S/C15H18N2O4S/c1-10-9-16-17(4)13(10)11-5-7-12(8-6-11)22(20,21)15(2,3)14(18)19/h5-9H,1-4H3,(H,18,19). The Morgan fingerprint density at radius 2 is 1.77 bits per heavy atom. The zero-order valence-corrected chi connectivity index (χ0v) is 13.7. The van der Waals surface area contributed by atoms with Gasteiger partial charge in [-0.3, -0.25) is 9.48 Å². The molecular formula is C15H18N2O4S. The van der Waals surface area contributed by atoms with Crippen molar-refractivity contribution in [2.24, 2.45) is 7.05 Å². The van der Waals surface area contributed by atoms with Crippen LogP contribution >= 0.6 is 0 Å². The Kier molecular flexibility index (Phi) is 3.87.